The Kier molecular flexibility index (Phi) is 7.23. The van der Waals surface area contributed by atoms with Crippen LogP contribution in [0.15, 0.2) is 30.3 Å². The van der Waals surface area contributed by atoms with Gasteiger partial charge in [-0.2, -0.15) is 0 Å². The first-order valence-electron chi connectivity index (χ1n) is 5.80. The van der Waals surface area contributed by atoms with Crippen molar-refractivity contribution in [1.82, 2.24) is 4.90 Å². The number of hydrogen-bond donors (Lipinski definition) is 1. The summed E-state index contributed by atoms with van der Waals surface area (Å²) in [7, 11) is 0. The second-order valence-electron chi connectivity index (χ2n) is 3.88. The summed E-state index contributed by atoms with van der Waals surface area (Å²) in [6.45, 7) is 2.86. The Bertz CT molecular complexity index is 266. The molecule has 0 aliphatic rings. The van der Waals surface area contributed by atoms with Crippen LogP contribution in [0.25, 0.3) is 0 Å². The maximum absolute atomic E-state index is 9.00. The SMILES string of the molecule is OCCN(CCCCCl)Cc1ccccc1. The molecule has 2 nitrogen and oxygen atoms in total. The lowest BCUT2D eigenvalue weighted by atomic mass is 10.2. The van der Waals surface area contributed by atoms with E-state index in [1.165, 1.54) is 5.56 Å². The van der Waals surface area contributed by atoms with Gasteiger partial charge < -0.3 is 5.11 Å². The molecule has 16 heavy (non-hydrogen) atoms. The zero-order valence-electron chi connectivity index (χ0n) is 9.61. The zero-order chi connectivity index (χ0) is 11.6. The highest BCUT2D eigenvalue weighted by molar-refractivity contribution is 6.17. The lowest BCUT2D eigenvalue weighted by Crippen LogP contribution is -2.27. The maximum atomic E-state index is 9.00. The van der Waals surface area contributed by atoms with Gasteiger partial charge in [-0.15, -0.1) is 11.6 Å². The number of rotatable bonds is 8. The first-order valence-corrected chi connectivity index (χ1v) is 6.33. The summed E-state index contributed by atoms with van der Waals surface area (Å²) in [4.78, 5) is 2.27. The van der Waals surface area contributed by atoms with Gasteiger partial charge in [0.15, 0.2) is 0 Å². The molecule has 0 saturated carbocycles. The van der Waals surface area contributed by atoms with Crippen LogP contribution in [0.4, 0.5) is 0 Å². The van der Waals surface area contributed by atoms with Gasteiger partial charge in [-0.1, -0.05) is 30.3 Å². The van der Waals surface area contributed by atoms with E-state index in [9.17, 15) is 0 Å². The Balaban J connectivity index is 2.38. The third-order valence-corrected chi connectivity index (χ3v) is 2.79. The fourth-order valence-electron chi connectivity index (χ4n) is 1.68. The van der Waals surface area contributed by atoms with E-state index in [0.29, 0.717) is 0 Å². The van der Waals surface area contributed by atoms with Crippen molar-refractivity contribution in [2.24, 2.45) is 0 Å². The average Bonchev–Trinajstić information content (AvgIpc) is 2.31. The highest BCUT2D eigenvalue weighted by Crippen LogP contribution is 2.05. The lowest BCUT2D eigenvalue weighted by Gasteiger charge is -2.21. The summed E-state index contributed by atoms with van der Waals surface area (Å²) in [5.41, 5.74) is 1.29. The fraction of sp³-hybridized carbons (Fsp3) is 0.538. The average molecular weight is 242 g/mol. The second kappa shape index (κ2) is 8.57. The van der Waals surface area contributed by atoms with Gasteiger partial charge in [-0.05, 0) is 24.9 Å². The van der Waals surface area contributed by atoms with Gasteiger partial charge in [0.25, 0.3) is 0 Å². The molecule has 90 valence electrons. The third-order valence-electron chi connectivity index (χ3n) is 2.52. The first-order chi connectivity index (χ1) is 7.86. The van der Waals surface area contributed by atoms with Crippen molar-refractivity contribution >= 4 is 11.6 Å². The molecular formula is C13H20ClNO. The molecule has 3 heteroatoms. The van der Waals surface area contributed by atoms with Crippen LogP contribution in [0, 0.1) is 0 Å². The van der Waals surface area contributed by atoms with Crippen LogP contribution in [0.1, 0.15) is 18.4 Å². The first kappa shape index (κ1) is 13.5. The van der Waals surface area contributed by atoms with Crippen molar-refractivity contribution in [3.8, 4) is 0 Å². The summed E-state index contributed by atoms with van der Waals surface area (Å²) in [6.07, 6.45) is 2.13. The molecule has 1 aromatic carbocycles. The molecule has 1 aromatic rings. The van der Waals surface area contributed by atoms with E-state index in [4.69, 9.17) is 16.7 Å². The van der Waals surface area contributed by atoms with Crippen molar-refractivity contribution in [3.63, 3.8) is 0 Å². The minimum absolute atomic E-state index is 0.216. The van der Waals surface area contributed by atoms with E-state index in [1.807, 2.05) is 18.2 Å². The topological polar surface area (TPSA) is 23.5 Å². The number of halogens is 1. The van der Waals surface area contributed by atoms with E-state index in [-0.39, 0.29) is 6.61 Å². The van der Waals surface area contributed by atoms with Crippen molar-refractivity contribution < 1.29 is 5.11 Å². The number of nitrogens with zero attached hydrogens (tertiary/aromatic N) is 1. The summed E-state index contributed by atoms with van der Waals surface area (Å²) in [5, 5.41) is 9.00. The fourth-order valence-corrected chi connectivity index (χ4v) is 1.87. The summed E-state index contributed by atoms with van der Waals surface area (Å²) >= 11 is 5.65. The maximum Gasteiger partial charge on any atom is 0.0558 e. The van der Waals surface area contributed by atoms with E-state index < -0.39 is 0 Å². The smallest absolute Gasteiger partial charge is 0.0558 e. The Morgan fingerprint density at radius 3 is 2.44 bits per heavy atom. The van der Waals surface area contributed by atoms with Gasteiger partial charge >= 0.3 is 0 Å². The van der Waals surface area contributed by atoms with E-state index in [0.717, 1.165) is 38.4 Å². The number of hydrogen-bond acceptors (Lipinski definition) is 2. The molecule has 1 N–H and O–H groups in total. The predicted molar refractivity (Wildman–Crippen MR) is 68.8 cm³/mol. The third kappa shape index (κ3) is 5.50. The number of aliphatic hydroxyl groups excluding tert-OH is 1. The standard InChI is InChI=1S/C13H20ClNO/c14-8-4-5-9-15(10-11-16)12-13-6-2-1-3-7-13/h1-3,6-7,16H,4-5,8-12H2. The molecule has 0 bridgehead atoms. The van der Waals surface area contributed by atoms with Gasteiger partial charge in [0.05, 0.1) is 6.61 Å². The summed E-state index contributed by atoms with van der Waals surface area (Å²) in [5.74, 6) is 0.721. The molecule has 0 aromatic heterocycles. The number of aliphatic hydroxyl groups is 1. The Morgan fingerprint density at radius 2 is 1.81 bits per heavy atom. The van der Waals surface area contributed by atoms with E-state index >= 15 is 0 Å². The van der Waals surface area contributed by atoms with Crippen LogP contribution in [0.5, 0.6) is 0 Å². The molecule has 0 fully saturated rings. The van der Waals surface area contributed by atoms with Crippen molar-refractivity contribution in [2.75, 3.05) is 25.6 Å². The number of unbranched alkanes of at least 4 members (excludes halogenated alkanes) is 1. The second-order valence-corrected chi connectivity index (χ2v) is 4.26. The van der Waals surface area contributed by atoms with Gasteiger partial charge in [0, 0.05) is 19.0 Å². The van der Waals surface area contributed by atoms with Crippen molar-refractivity contribution in [3.05, 3.63) is 35.9 Å². The van der Waals surface area contributed by atoms with Crippen LogP contribution in [-0.4, -0.2) is 35.6 Å². The van der Waals surface area contributed by atoms with Gasteiger partial charge in [0.2, 0.25) is 0 Å². The van der Waals surface area contributed by atoms with Crippen LogP contribution in [0.2, 0.25) is 0 Å². The largest absolute Gasteiger partial charge is 0.395 e. The monoisotopic (exact) mass is 241 g/mol. The highest BCUT2D eigenvalue weighted by atomic mass is 35.5. The predicted octanol–water partition coefficient (Wildman–Crippen LogP) is 2.50. The molecule has 0 unspecified atom stereocenters. The van der Waals surface area contributed by atoms with Gasteiger partial charge in [-0.3, -0.25) is 4.90 Å². The van der Waals surface area contributed by atoms with E-state index in [1.54, 1.807) is 0 Å². The Hall–Kier alpha value is -0.570. The molecule has 0 saturated heterocycles. The number of alkyl halides is 1. The van der Waals surface area contributed by atoms with Crippen molar-refractivity contribution in [1.29, 1.82) is 0 Å². The molecule has 0 aliphatic carbocycles. The molecule has 0 atom stereocenters. The molecule has 0 radical (unpaired) electrons. The quantitative estimate of drug-likeness (QED) is 0.559. The molecule has 0 heterocycles. The normalized spacial score (nSPS) is 10.9. The van der Waals surface area contributed by atoms with Crippen molar-refractivity contribution in [2.45, 2.75) is 19.4 Å². The minimum atomic E-state index is 0.216. The molecular weight excluding hydrogens is 222 g/mol. The molecule has 0 spiro atoms. The summed E-state index contributed by atoms with van der Waals surface area (Å²) in [6, 6.07) is 10.3. The van der Waals surface area contributed by atoms with Crippen LogP contribution in [0.3, 0.4) is 0 Å². The van der Waals surface area contributed by atoms with Crippen LogP contribution in [-0.2, 0) is 6.54 Å². The lowest BCUT2D eigenvalue weighted by molar-refractivity contribution is 0.188. The highest BCUT2D eigenvalue weighted by Gasteiger charge is 2.04. The summed E-state index contributed by atoms with van der Waals surface area (Å²) < 4.78 is 0. The van der Waals surface area contributed by atoms with Crippen LogP contribution < -0.4 is 0 Å². The Morgan fingerprint density at radius 1 is 1.06 bits per heavy atom. The zero-order valence-corrected chi connectivity index (χ0v) is 10.4. The minimum Gasteiger partial charge on any atom is -0.395 e. The Labute approximate surface area is 103 Å². The molecule has 0 aliphatic heterocycles. The molecule has 1 rings (SSSR count). The number of benzene rings is 1. The molecule has 0 amide bonds. The van der Waals surface area contributed by atoms with Gasteiger partial charge in [-0.25, -0.2) is 0 Å². The van der Waals surface area contributed by atoms with Gasteiger partial charge in [0.1, 0.15) is 0 Å². The van der Waals surface area contributed by atoms with E-state index in [2.05, 4.69) is 17.0 Å². The van der Waals surface area contributed by atoms with Crippen LogP contribution >= 0.6 is 11.6 Å².